The summed E-state index contributed by atoms with van der Waals surface area (Å²) in [5.41, 5.74) is 0.723. The largest absolute Gasteiger partial charge is 0.416 e. The molecule has 0 aromatic heterocycles. The Morgan fingerprint density at radius 2 is 1.55 bits per heavy atom. The van der Waals surface area contributed by atoms with E-state index in [0.717, 1.165) is 17.8 Å². The van der Waals surface area contributed by atoms with Crippen LogP contribution in [0.5, 0.6) is 0 Å². The van der Waals surface area contributed by atoms with Crippen molar-refractivity contribution in [1.82, 2.24) is 0 Å². The molecule has 0 spiro atoms. The van der Waals surface area contributed by atoms with Crippen molar-refractivity contribution in [3.8, 4) is 0 Å². The third-order valence-electron chi connectivity index (χ3n) is 4.53. The first-order chi connectivity index (χ1) is 14.7. The molecule has 8 heteroatoms. The molecule has 0 fully saturated rings. The van der Waals surface area contributed by atoms with Crippen LogP contribution in [0.25, 0.3) is 0 Å². The van der Waals surface area contributed by atoms with Gasteiger partial charge in [0, 0.05) is 29.7 Å². The number of nitrogens with zero attached hydrogens (tertiary/aromatic N) is 1. The van der Waals surface area contributed by atoms with E-state index in [0.29, 0.717) is 5.69 Å². The lowest BCUT2D eigenvalue weighted by atomic mass is 10.1. The van der Waals surface area contributed by atoms with Crippen molar-refractivity contribution in [3.05, 3.63) is 90.0 Å². The quantitative estimate of drug-likeness (QED) is 0.580. The van der Waals surface area contributed by atoms with Crippen LogP contribution in [0.1, 0.15) is 15.9 Å². The van der Waals surface area contributed by atoms with Crippen LogP contribution in [-0.4, -0.2) is 25.4 Å². The van der Waals surface area contributed by atoms with Crippen molar-refractivity contribution in [1.29, 1.82) is 0 Å². The predicted molar refractivity (Wildman–Crippen MR) is 114 cm³/mol. The average Bonchev–Trinajstić information content (AvgIpc) is 2.77. The zero-order valence-electron chi connectivity index (χ0n) is 16.6. The fourth-order valence-electron chi connectivity index (χ4n) is 2.84. The Morgan fingerprint density at radius 1 is 0.871 bits per heavy atom. The van der Waals surface area contributed by atoms with E-state index in [-0.39, 0.29) is 23.7 Å². The SMILES string of the molecule is CN(C(=O)CNc1cccc(C(=O)Nc2cccc(C(F)(F)F)c2)c1)c1ccccc1. The third kappa shape index (κ3) is 5.85. The summed E-state index contributed by atoms with van der Waals surface area (Å²) in [5, 5.41) is 5.42. The van der Waals surface area contributed by atoms with Crippen LogP contribution in [0, 0.1) is 0 Å². The number of rotatable bonds is 6. The van der Waals surface area contributed by atoms with Gasteiger partial charge < -0.3 is 15.5 Å². The number of anilines is 3. The molecule has 0 heterocycles. The van der Waals surface area contributed by atoms with E-state index < -0.39 is 17.6 Å². The molecule has 0 aliphatic carbocycles. The number of hydrogen-bond donors (Lipinski definition) is 2. The van der Waals surface area contributed by atoms with E-state index in [1.54, 1.807) is 19.2 Å². The number of alkyl halides is 3. The molecular formula is C23H20F3N3O2. The Labute approximate surface area is 177 Å². The van der Waals surface area contributed by atoms with E-state index in [1.807, 2.05) is 30.3 Å². The van der Waals surface area contributed by atoms with Crippen molar-refractivity contribution in [2.75, 3.05) is 29.1 Å². The van der Waals surface area contributed by atoms with Crippen molar-refractivity contribution in [2.45, 2.75) is 6.18 Å². The molecule has 3 aromatic carbocycles. The number of amides is 2. The van der Waals surface area contributed by atoms with Crippen LogP contribution >= 0.6 is 0 Å². The van der Waals surface area contributed by atoms with Crippen LogP contribution in [0.3, 0.4) is 0 Å². The number of hydrogen-bond acceptors (Lipinski definition) is 3. The number of likely N-dealkylation sites (N-methyl/N-ethyl adjacent to an activating group) is 1. The van der Waals surface area contributed by atoms with E-state index in [9.17, 15) is 22.8 Å². The Bertz CT molecular complexity index is 1070. The molecular weight excluding hydrogens is 407 g/mol. The molecule has 3 aromatic rings. The van der Waals surface area contributed by atoms with Gasteiger partial charge in [0.1, 0.15) is 0 Å². The van der Waals surface area contributed by atoms with Crippen LogP contribution < -0.4 is 15.5 Å². The molecule has 0 saturated heterocycles. The summed E-state index contributed by atoms with van der Waals surface area (Å²) in [4.78, 5) is 26.4. The fraction of sp³-hybridized carbons (Fsp3) is 0.130. The van der Waals surface area contributed by atoms with Gasteiger partial charge >= 0.3 is 6.18 Å². The number of para-hydroxylation sites is 1. The molecule has 0 bridgehead atoms. The molecule has 0 aliphatic rings. The molecule has 0 radical (unpaired) electrons. The van der Waals surface area contributed by atoms with Gasteiger partial charge in [0.25, 0.3) is 5.91 Å². The number of nitrogens with one attached hydrogen (secondary N) is 2. The van der Waals surface area contributed by atoms with Gasteiger partial charge in [-0.05, 0) is 48.5 Å². The molecule has 0 atom stereocenters. The molecule has 2 amide bonds. The third-order valence-corrected chi connectivity index (χ3v) is 4.53. The van der Waals surface area contributed by atoms with Gasteiger partial charge in [-0.1, -0.05) is 30.3 Å². The molecule has 5 nitrogen and oxygen atoms in total. The maximum atomic E-state index is 12.8. The zero-order valence-corrected chi connectivity index (χ0v) is 16.6. The smallest absolute Gasteiger partial charge is 0.376 e. The van der Waals surface area contributed by atoms with Crippen LogP contribution in [0.15, 0.2) is 78.9 Å². The van der Waals surface area contributed by atoms with Crippen LogP contribution in [0.2, 0.25) is 0 Å². The normalized spacial score (nSPS) is 11.0. The van der Waals surface area contributed by atoms with Crippen molar-refractivity contribution < 1.29 is 22.8 Å². The first-order valence-corrected chi connectivity index (χ1v) is 9.38. The fourth-order valence-corrected chi connectivity index (χ4v) is 2.84. The maximum absolute atomic E-state index is 12.8. The lowest BCUT2D eigenvalue weighted by molar-refractivity contribution is -0.137. The topological polar surface area (TPSA) is 61.4 Å². The number of carbonyl (C=O) groups excluding carboxylic acids is 2. The van der Waals surface area contributed by atoms with Gasteiger partial charge in [-0.25, -0.2) is 0 Å². The second-order valence-corrected chi connectivity index (χ2v) is 6.76. The highest BCUT2D eigenvalue weighted by atomic mass is 19.4. The summed E-state index contributed by atoms with van der Waals surface area (Å²) >= 11 is 0. The van der Waals surface area contributed by atoms with Gasteiger partial charge in [-0.3, -0.25) is 9.59 Å². The lowest BCUT2D eigenvalue weighted by Crippen LogP contribution is -2.32. The molecule has 31 heavy (non-hydrogen) atoms. The highest BCUT2D eigenvalue weighted by Crippen LogP contribution is 2.30. The first-order valence-electron chi connectivity index (χ1n) is 9.38. The van der Waals surface area contributed by atoms with Gasteiger partial charge in [0.2, 0.25) is 5.91 Å². The second kappa shape index (κ2) is 9.34. The minimum absolute atomic E-state index is 0.00406. The van der Waals surface area contributed by atoms with E-state index in [2.05, 4.69) is 10.6 Å². The predicted octanol–water partition coefficient (Wildman–Crippen LogP) is 5.03. The van der Waals surface area contributed by atoms with Gasteiger partial charge in [0.05, 0.1) is 12.1 Å². The van der Waals surface area contributed by atoms with Crippen molar-refractivity contribution in [3.63, 3.8) is 0 Å². The Balaban J connectivity index is 1.63. The zero-order chi connectivity index (χ0) is 22.4. The summed E-state index contributed by atoms with van der Waals surface area (Å²) in [5.74, 6) is -0.735. The monoisotopic (exact) mass is 427 g/mol. The number of benzene rings is 3. The minimum atomic E-state index is -4.50. The molecule has 0 unspecified atom stereocenters. The standard InChI is InChI=1S/C23H20F3N3O2/c1-29(20-11-3-2-4-12-20)21(30)15-27-18-9-5-7-16(13-18)22(31)28-19-10-6-8-17(14-19)23(24,25)26/h2-14,27H,15H2,1H3,(H,28,31). The molecule has 0 saturated carbocycles. The number of halogens is 3. The van der Waals surface area contributed by atoms with Crippen molar-refractivity contribution >= 4 is 28.9 Å². The van der Waals surface area contributed by atoms with Gasteiger partial charge in [0.15, 0.2) is 0 Å². The Morgan fingerprint density at radius 3 is 2.26 bits per heavy atom. The Hall–Kier alpha value is -3.81. The second-order valence-electron chi connectivity index (χ2n) is 6.76. The lowest BCUT2D eigenvalue weighted by Gasteiger charge is -2.18. The average molecular weight is 427 g/mol. The minimum Gasteiger partial charge on any atom is -0.376 e. The summed E-state index contributed by atoms with van der Waals surface area (Å²) in [6.45, 7) is 0.00406. The van der Waals surface area contributed by atoms with Crippen LogP contribution in [0.4, 0.5) is 30.2 Å². The molecule has 3 rings (SSSR count). The van der Waals surface area contributed by atoms with E-state index in [4.69, 9.17) is 0 Å². The molecule has 2 N–H and O–H groups in total. The number of carbonyl (C=O) groups is 2. The van der Waals surface area contributed by atoms with Crippen LogP contribution in [-0.2, 0) is 11.0 Å². The highest BCUT2D eigenvalue weighted by molar-refractivity contribution is 6.05. The summed E-state index contributed by atoms with van der Waals surface area (Å²) in [6, 6.07) is 19.9. The van der Waals surface area contributed by atoms with E-state index in [1.165, 1.54) is 29.2 Å². The Kier molecular flexibility index (Phi) is 6.59. The maximum Gasteiger partial charge on any atom is 0.416 e. The first kappa shape index (κ1) is 21.9. The highest BCUT2D eigenvalue weighted by Gasteiger charge is 2.30. The molecule has 0 aliphatic heterocycles. The summed E-state index contributed by atoms with van der Waals surface area (Å²) < 4.78 is 38.5. The van der Waals surface area contributed by atoms with Gasteiger partial charge in [-0.2, -0.15) is 13.2 Å². The van der Waals surface area contributed by atoms with E-state index >= 15 is 0 Å². The molecule has 160 valence electrons. The van der Waals surface area contributed by atoms with Gasteiger partial charge in [-0.15, -0.1) is 0 Å². The summed E-state index contributed by atoms with van der Waals surface area (Å²) in [6.07, 6.45) is -4.50. The summed E-state index contributed by atoms with van der Waals surface area (Å²) in [7, 11) is 1.66. The van der Waals surface area contributed by atoms with Crippen molar-refractivity contribution in [2.24, 2.45) is 0 Å².